The van der Waals surface area contributed by atoms with Crippen molar-refractivity contribution in [2.45, 2.75) is 18.4 Å². The molecule has 0 bridgehead atoms. The van der Waals surface area contributed by atoms with Crippen molar-refractivity contribution in [2.75, 3.05) is 6.54 Å². The minimum absolute atomic E-state index is 0.126. The van der Waals surface area contributed by atoms with Crippen molar-refractivity contribution in [3.63, 3.8) is 0 Å². The largest absolute Gasteiger partial charge is 0.384 e. The Bertz CT molecular complexity index is 790. The Morgan fingerprint density at radius 3 is 1.73 bits per heavy atom. The molecule has 0 saturated carbocycles. The predicted octanol–water partition coefficient (Wildman–Crippen LogP) is 3.84. The first-order chi connectivity index (χ1) is 12.6. The van der Waals surface area contributed by atoms with Crippen LogP contribution in [0.1, 0.15) is 29.5 Å². The molecule has 1 unspecified atom stereocenters. The van der Waals surface area contributed by atoms with Crippen molar-refractivity contribution >= 4 is 5.91 Å². The summed E-state index contributed by atoms with van der Waals surface area (Å²) in [6, 6.07) is 28.8. The van der Waals surface area contributed by atoms with Gasteiger partial charge in [-0.2, -0.15) is 0 Å². The fraction of sp³-hybridized carbons (Fsp3) is 0.174. The van der Waals surface area contributed by atoms with Crippen LogP contribution < -0.4 is 5.32 Å². The van der Waals surface area contributed by atoms with Crippen LogP contribution in [0.2, 0.25) is 0 Å². The zero-order valence-electron chi connectivity index (χ0n) is 14.8. The zero-order chi connectivity index (χ0) is 18.4. The maximum Gasteiger partial charge on any atom is 0.232 e. The second-order valence-electron chi connectivity index (χ2n) is 6.61. The maximum atomic E-state index is 13.0. The minimum Gasteiger partial charge on any atom is -0.384 e. The Morgan fingerprint density at radius 1 is 0.846 bits per heavy atom. The van der Waals surface area contributed by atoms with Crippen molar-refractivity contribution < 1.29 is 9.90 Å². The van der Waals surface area contributed by atoms with Gasteiger partial charge in [0.2, 0.25) is 5.91 Å². The number of amides is 1. The van der Waals surface area contributed by atoms with Crippen LogP contribution in [0.5, 0.6) is 0 Å². The molecule has 0 radical (unpaired) electrons. The number of aliphatic hydroxyl groups is 1. The number of rotatable bonds is 6. The van der Waals surface area contributed by atoms with Crippen LogP contribution in [0.4, 0.5) is 0 Å². The van der Waals surface area contributed by atoms with E-state index in [1.54, 1.807) is 6.92 Å². The molecular formula is C23H23NO2. The van der Waals surface area contributed by atoms with Crippen LogP contribution >= 0.6 is 0 Å². The van der Waals surface area contributed by atoms with Gasteiger partial charge in [-0.25, -0.2) is 0 Å². The summed E-state index contributed by atoms with van der Waals surface area (Å²) in [4.78, 5) is 13.0. The van der Waals surface area contributed by atoms with Crippen LogP contribution in [-0.4, -0.2) is 17.6 Å². The van der Waals surface area contributed by atoms with E-state index < -0.39 is 11.5 Å². The van der Waals surface area contributed by atoms with Gasteiger partial charge in [0, 0.05) is 0 Å². The molecular weight excluding hydrogens is 322 g/mol. The van der Waals surface area contributed by atoms with Crippen molar-refractivity contribution in [1.29, 1.82) is 0 Å². The molecule has 0 aliphatic rings. The highest BCUT2D eigenvalue weighted by atomic mass is 16.3. The third-order valence-corrected chi connectivity index (χ3v) is 4.53. The molecule has 0 aliphatic carbocycles. The lowest BCUT2D eigenvalue weighted by Gasteiger charge is -2.26. The SMILES string of the molecule is CC(O)(CNC(=O)C(c1ccccc1)c1ccccc1)c1ccccc1. The van der Waals surface area contributed by atoms with Crippen LogP contribution in [-0.2, 0) is 10.4 Å². The topological polar surface area (TPSA) is 49.3 Å². The van der Waals surface area contributed by atoms with Gasteiger partial charge in [-0.05, 0) is 23.6 Å². The smallest absolute Gasteiger partial charge is 0.232 e. The molecule has 1 amide bonds. The summed E-state index contributed by atoms with van der Waals surface area (Å²) in [6.45, 7) is 1.86. The second kappa shape index (κ2) is 7.98. The molecule has 2 N–H and O–H groups in total. The Labute approximate surface area is 154 Å². The summed E-state index contributed by atoms with van der Waals surface area (Å²) in [7, 11) is 0. The van der Waals surface area contributed by atoms with E-state index >= 15 is 0 Å². The van der Waals surface area contributed by atoms with E-state index in [0.29, 0.717) is 0 Å². The van der Waals surface area contributed by atoms with Crippen LogP contribution in [0, 0.1) is 0 Å². The van der Waals surface area contributed by atoms with E-state index in [1.165, 1.54) is 0 Å². The van der Waals surface area contributed by atoms with E-state index in [-0.39, 0.29) is 12.5 Å². The molecule has 0 heterocycles. The van der Waals surface area contributed by atoms with E-state index in [1.807, 2.05) is 91.0 Å². The second-order valence-corrected chi connectivity index (χ2v) is 6.61. The highest BCUT2D eigenvalue weighted by Gasteiger charge is 2.27. The first-order valence-electron chi connectivity index (χ1n) is 8.73. The molecule has 3 nitrogen and oxygen atoms in total. The highest BCUT2D eigenvalue weighted by Crippen LogP contribution is 2.25. The number of benzene rings is 3. The third kappa shape index (κ3) is 4.19. The molecule has 3 heteroatoms. The van der Waals surface area contributed by atoms with Gasteiger partial charge >= 0.3 is 0 Å². The third-order valence-electron chi connectivity index (χ3n) is 4.53. The molecule has 0 spiro atoms. The summed E-state index contributed by atoms with van der Waals surface area (Å²) in [5.41, 5.74) is 1.50. The molecule has 3 aromatic carbocycles. The Hall–Kier alpha value is -2.91. The monoisotopic (exact) mass is 345 g/mol. The molecule has 0 aliphatic heterocycles. The lowest BCUT2D eigenvalue weighted by atomic mass is 9.90. The fourth-order valence-electron chi connectivity index (χ4n) is 3.05. The van der Waals surface area contributed by atoms with E-state index in [9.17, 15) is 9.90 Å². The van der Waals surface area contributed by atoms with Gasteiger partial charge in [0.05, 0.1) is 12.5 Å². The molecule has 132 valence electrons. The average molecular weight is 345 g/mol. The number of hydrogen-bond donors (Lipinski definition) is 2. The number of carbonyl (C=O) groups excluding carboxylic acids is 1. The molecule has 1 atom stereocenters. The van der Waals surface area contributed by atoms with Gasteiger partial charge in [0.15, 0.2) is 0 Å². The van der Waals surface area contributed by atoms with Crippen molar-refractivity contribution in [3.8, 4) is 0 Å². The first kappa shape index (κ1) is 17.9. The summed E-state index contributed by atoms with van der Waals surface area (Å²) in [5.74, 6) is -0.539. The molecule has 0 fully saturated rings. The molecule has 26 heavy (non-hydrogen) atoms. The van der Waals surface area contributed by atoms with Gasteiger partial charge in [0.1, 0.15) is 5.60 Å². The Balaban J connectivity index is 1.81. The molecule has 3 rings (SSSR count). The quantitative estimate of drug-likeness (QED) is 0.713. The highest BCUT2D eigenvalue weighted by molar-refractivity contribution is 5.87. The van der Waals surface area contributed by atoms with Gasteiger partial charge in [-0.3, -0.25) is 4.79 Å². The summed E-state index contributed by atoms with van der Waals surface area (Å²) >= 11 is 0. The number of nitrogens with one attached hydrogen (secondary N) is 1. The normalized spacial score (nSPS) is 13.2. The predicted molar refractivity (Wildman–Crippen MR) is 104 cm³/mol. The fourth-order valence-corrected chi connectivity index (χ4v) is 3.05. The lowest BCUT2D eigenvalue weighted by molar-refractivity contribution is -0.122. The number of carbonyl (C=O) groups is 1. The van der Waals surface area contributed by atoms with Crippen molar-refractivity contribution in [2.24, 2.45) is 0 Å². The first-order valence-corrected chi connectivity index (χ1v) is 8.73. The number of hydrogen-bond acceptors (Lipinski definition) is 2. The summed E-state index contributed by atoms with van der Waals surface area (Å²) in [6.07, 6.45) is 0. The molecule has 3 aromatic rings. The average Bonchev–Trinajstić information content (AvgIpc) is 2.69. The molecule has 0 saturated heterocycles. The standard InChI is InChI=1S/C23H23NO2/c1-23(26,20-15-9-4-10-16-20)17-24-22(25)21(18-11-5-2-6-12-18)19-13-7-3-8-14-19/h2-16,21,26H,17H2,1H3,(H,24,25). The Morgan fingerprint density at radius 2 is 1.27 bits per heavy atom. The van der Waals surface area contributed by atoms with Gasteiger partial charge in [0.25, 0.3) is 0 Å². The van der Waals surface area contributed by atoms with Crippen LogP contribution in [0.25, 0.3) is 0 Å². The van der Waals surface area contributed by atoms with E-state index in [4.69, 9.17) is 0 Å². The van der Waals surface area contributed by atoms with Crippen LogP contribution in [0.3, 0.4) is 0 Å². The van der Waals surface area contributed by atoms with E-state index in [0.717, 1.165) is 16.7 Å². The van der Waals surface area contributed by atoms with Gasteiger partial charge in [-0.1, -0.05) is 91.0 Å². The van der Waals surface area contributed by atoms with E-state index in [2.05, 4.69) is 5.32 Å². The van der Waals surface area contributed by atoms with Crippen LogP contribution in [0.15, 0.2) is 91.0 Å². The van der Waals surface area contributed by atoms with Gasteiger partial charge in [-0.15, -0.1) is 0 Å². The summed E-state index contributed by atoms with van der Waals surface area (Å²) < 4.78 is 0. The zero-order valence-corrected chi connectivity index (χ0v) is 14.8. The van der Waals surface area contributed by atoms with Crippen molar-refractivity contribution in [1.82, 2.24) is 5.32 Å². The maximum absolute atomic E-state index is 13.0. The molecule has 0 aromatic heterocycles. The Kier molecular flexibility index (Phi) is 5.49. The summed E-state index contributed by atoms with van der Waals surface area (Å²) in [5, 5.41) is 13.7. The minimum atomic E-state index is -1.13. The lowest BCUT2D eigenvalue weighted by Crippen LogP contribution is -2.40. The van der Waals surface area contributed by atoms with Crippen molar-refractivity contribution in [3.05, 3.63) is 108 Å². The van der Waals surface area contributed by atoms with Gasteiger partial charge < -0.3 is 10.4 Å².